The molecule has 25 heavy (non-hydrogen) atoms. The number of halogens is 1. The minimum atomic E-state index is 0.229. The maximum Gasteiger partial charge on any atom is 0.145 e. The fourth-order valence-corrected chi connectivity index (χ4v) is 2.52. The molecular weight excluding hydrogens is 338 g/mol. The topological polar surface area (TPSA) is 100 Å². The number of hydrogen-bond acceptors (Lipinski definition) is 5. The Morgan fingerprint density at radius 1 is 1.16 bits per heavy atom. The van der Waals surface area contributed by atoms with Crippen LogP contribution >= 0.6 is 11.6 Å². The van der Waals surface area contributed by atoms with E-state index in [9.17, 15) is 5.21 Å². The monoisotopic (exact) mass is 359 g/mol. The molecule has 0 fully saturated rings. The molecule has 0 unspecified atom stereocenters. The van der Waals surface area contributed by atoms with E-state index < -0.39 is 0 Å². The fraction of sp³-hybridized carbons (Fsp3) is 0.222. The number of aliphatic imine (C=N–C) groups is 1. The second-order valence-electron chi connectivity index (χ2n) is 5.26. The fourth-order valence-electron chi connectivity index (χ4n) is 2.34. The number of benzene rings is 2. The summed E-state index contributed by atoms with van der Waals surface area (Å²) in [6.07, 6.45) is 0. The molecule has 0 aliphatic carbocycles. The van der Waals surface area contributed by atoms with Gasteiger partial charge in [0.2, 0.25) is 0 Å². The van der Waals surface area contributed by atoms with Crippen molar-refractivity contribution in [2.45, 2.75) is 0 Å². The lowest BCUT2D eigenvalue weighted by atomic mass is 10.1. The largest absolute Gasteiger partial charge is 0.329 e. The third kappa shape index (κ3) is 4.87. The van der Waals surface area contributed by atoms with Gasteiger partial charge in [-0.15, -0.1) is 0 Å². The molecule has 0 saturated carbocycles. The summed E-state index contributed by atoms with van der Waals surface area (Å²) in [4.78, 5) is 8.60. The van der Waals surface area contributed by atoms with Gasteiger partial charge in [-0.2, -0.15) is 0 Å². The zero-order chi connectivity index (χ0) is 18.2. The molecule has 0 spiro atoms. The van der Waals surface area contributed by atoms with E-state index in [0.717, 1.165) is 16.1 Å². The second kappa shape index (κ2) is 9.29. The van der Waals surface area contributed by atoms with E-state index in [4.69, 9.17) is 23.1 Å². The summed E-state index contributed by atoms with van der Waals surface area (Å²) in [5.74, 6) is 0.562. The first-order valence-corrected chi connectivity index (χ1v) is 8.24. The van der Waals surface area contributed by atoms with Crippen LogP contribution in [0, 0.1) is 0 Å². The summed E-state index contributed by atoms with van der Waals surface area (Å²) in [6.45, 7) is 1.42. The predicted molar refractivity (Wildman–Crippen MR) is 101 cm³/mol. The average molecular weight is 360 g/mol. The van der Waals surface area contributed by atoms with E-state index in [-0.39, 0.29) is 6.54 Å². The Bertz CT molecular complexity index is 850. The van der Waals surface area contributed by atoms with E-state index in [1.54, 1.807) is 13.1 Å². The molecular formula is C18H22ClN5O. The molecule has 2 aromatic rings. The quantitative estimate of drug-likeness (QED) is 0.736. The van der Waals surface area contributed by atoms with E-state index >= 15 is 0 Å². The van der Waals surface area contributed by atoms with E-state index in [1.807, 2.05) is 42.5 Å². The van der Waals surface area contributed by atoms with Gasteiger partial charge >= 0.3 is 0 Å². The van der Waals surface area contributed by atoms with Gasteiger partial charge in [0.15, 0.2) is 0 Å². The molecule has 7 heteroatoms. The molecule has 6 nitrogen and oxygen atoms in total. The van der Waals surface area contributed by atoms with E-state index in [2.05, 4.69) is 9.98 Å². The number of fused-ring (bicyclic) bond motifs is 1. The van der Waals surface area contributed by atoms with Crippen LogP contribution in [0.25, 0.3) is 5.70 Å². The van der Waals surface area contributed by atoms with Crippen LogP contribution in [0.1, 0.15) is 5.56 Å². The Morgan fingerprint density at radius 3 is 2.44 bits per heavy atom. The summed E-state index contributed by atoms with van der Waals surface area (Å²) < 4.78 is 0. The van der Waals surface area contributed by atoms with Crippen LogP contribution < -0.4 is 22.0 Å². The average Bonchev–Trinajstić information content (AvgIpc) is 2.77. The number of nitrogens with two attached hydrogens (primary N) is 2. The van der Waals surface area contributed by atoms with Crippen molar-refractivity contribution in [2.75, 3.05) is 26.7 Å². The number of amidine groups is 1. The maximum absolute atomic E-state index is 10.5. The van der Waals surface area contributed by atoms with Gasteiger partial charge in [-0.05, 0) is 18.2 Å². The zero-order valence-electron chi connectivity index (χ0n) is 14.1. The zero-order valence-corrected chi connectivity index (χ0v) is 14.8. The highest BCUT2D eigenvalue weighted by Gasteiger charge is 2.17. The van der Waals surface area contributed by atoms with Crippen LogP contribution in [-0.4, -0.2) is 42.8 Å². The van der Waals surface area contributed by atoms with Gasteiger partial charge in [-0.25, -0.2) is 10.1 Å². The first kappa shape index (κ1) is 19.1. The highest BCUT2D eigenvalue weighted by atomic mass is 35.5. The summed E-state index contributed by atoms with van der Waals surface area (Å²) in [6, 6.07) is 15.1. The van der Waals surface area contributed by atoms with Crippen LogP contribution in [0.3, 0.4) is 0 Å². The van der Waals surface area contributed by atoms with Crippen molar-refractivity contribution >= 4 is 23.1 Å². The van der Waals surface area contributed by atoms with Crippen molar-refractivity contribution in [1.82, 2.24) is 5.06 Å². The molecule has 132 valence electrons. The lowest BCUT2D eigenvalue weighted by Crippen LogP contribution is -2.31. The first-order chi connectivity index (χ1) is 12.1. The summed E-state index contributed by atoms with van der Waals surface area (Å²) in [5.41, 5.74) is 11.4. The lowest BCUT2D eigenvalue weighted by Gasteiger charge is -2.19. The van der Waals surface area contributed by atoms with Gasteiger partial charge in [0.1, 0.15) is 12.4 Å². The minimum Gasteiger partial charge on any atom is -0.329 e. The van der Waals surface area contributed by atoms with Crippen molar-refractivity contribution in [3.8, 4) is 0 Å². The van der Waals surface area contributed by atoms with Gasteiger partial charge in [0.25, 0.3) is 0 Å². The Labute approximate surface area is 151 Å². The van der Waals surface area contributed by atoms with Crippen LogP contribution in [-0.2, 0) is 0 Å². The molecule has 3 rings (SSSR count). The van der Waals surface area contributed by atoms with Gasteiger partial charge < -0.3 is 11.5 Å². The standard InChI is InChI=1S/C16H14ClN3O.C2H8N2/c1-18-15-10-20(21)16(11-5-3-2-4-6-11)13-9-12(17)7-8-14(13)19-15;3-1-2-4/h2-9,21H,10H2,1H3;1-4H2. The summed E-state index contributed by atoms with van der Waals surface area (Å²) in [7, 11) is 1.66. The molecule has 0 atom stereocenters. The van der Waals surface area contributed by atoms with Gasteiger partial charge in [0, 0.05) is 35.9 Å². The Morgan fingerprint density at radius 2 is 1.84 bits per heavy atom. The van der Waals surface area contributed by atoms with Crippen molar-refractivity contribution in [3.63, 3.8) is 0 Å². The number of hydroxylamine groups is 2. The van der Waals surface area contributed by atoms with E-state index in [0.29, 0.717) is 29.6 Å². The summed E-state index contributed by atoms with van der Waals surface area (Å²) in [5, 5.41) is 13.8. The predicted octanol–water partition coefficient (Wildman–Crippen LogP) is 0.753. The highest BCUT2D eigenvalue weighted by Crippen LogP contribution is 2.15. The van der Waals surface area contributed by atoms with Crippen LogP contribution in [0.2, 0.25) is 5.02 Å². The third-order valence-electron chi connectivity index (χ3n) is 3.48. The van der Waals surface area contributed by atoms with Gasteiger partial charge in [0.05, 0.1) is 11.1 Å². The maximum atomic E-state index is 10.5. The SMILES string of the molecule is CN=C1CN(O)C(c2ccccc2)=c2cc(Cl)ccc2=N1.NCCN. The molecule has 0 aromatic heterocycles. The van der Waals surface area contributed by atoms with Crippen molar-refractivity contribution in [3.05, 3.63) is 69.7 Å². The molecule has 0 saturated heterocycles. The number of hydrogen-bond donors (Lipinski definition) is 3. The molecule has 1 aliphatic heterocycles. The van der Waals surface area contributed by atoms with Gasteiger partial charge in [-0.1, -0.05) is 41.9 Å². The first-order valence-electron chi connectivity index (χ1n) is 7.87. The Hall–Kier alpha value is -2.25. The molecule has 0 amide bonds. The molecule has 1 heterocycles. The highest BCUT2D eigenvalue weighted by molar-refractivity contribution is 6.30. The van der Waals surface area contributed by atoms with Crippen molar-refractivity contribution in [2.24, 2.45) is 21.5 Å². The normalized spacial score (nSPS) is 15.0. The minimum absolute atomic E-state index is 0.229. The molecule has 0 radical (unpaired) electrons. The Balaban J connectivity index is 0.000000511. The molecule has 1 aliphatic rings. The lowest BCUT2D eigenvalue weighted by molar-refractivity contribution is -0.0119. The van der Waals surface area contributed by atoms with Crippen LogP contribution in [0.15, 0.2) is 58.5 Å². The van der Waals surface area contributed by atoms with Crippen molar-refractivity contribution < 1.29 is 5.21 Å². The van der Waals surface area contributed by atoms with Crippen molar-refractivity contribution in [1.29, 1.82) is 0 Å². The number of rotatable bonds is 2. The molecule has 2 aromatic carbocycles. The van der Waals surface area contributed by atoms with Gasteiger partial charge in [-0.3, -0.25) is 10.2 Å². The Kier molecular flexibility index (Phi) is 7.09. The summed E-state index contributed by atoms with van der Waals surface area (Å²) >= 11 is 6.12. The second-order valence-corrected chi connectivity index (χ2v) is 5.70. The number of nitrogens with zero attached hydrogens (tertiary/aromatic N) is 3. The van der Waals surface area contributed by atoms with Crippen LogP contribution in [0.4, 0.5) is 0 Å². The van der Waals surface area contributed by atoms with Crippen LogP contribution in [0.5, 0.6) is 0 Å². The molecule has 0 bridgehead atoms. The third-order valence-corrected chi connectivity index (χ3v) is 3.72. The van der Waals surface area contributed by atoms with E-state index in [1.165, 1.54) is 5.06 Å². The smallest absolute Gasteiger partial charge is 0.145 e. The molecule has 5 N–H and O–H groups in total.